The fourth-order valence-electron chi connectivity index (χ4n) is 3.44. The van der Waals surface area contributed by atoms with Crippen molar-refractivity contribution in [2.24, 2.45) is 0 Å². The number of nitro benzene ring substituents is 1. The van der Waals surface area contributed by atoms with Crippen LogP contribution in [0, 0.1) is 10.1 Å². The number of hydrogen-bond donors (Lipinski definition) is 0. The maximum Gasteiger partial charge on any atom is 0.269 e. The van der Waals surface area contributed by atoms with Gasteiger partial charge in [0.15, 0.2) is 11.5 Å². The highest BCUT2D eigenvalue weighted by atomic mass is 32.2. The highest BCUT2D eigenvalue weighted by Crippen LogP contribution is 2.35. The van der Waals surface area contributed by atoms with E-state index in [1.807, 2.05) is 6.92 Å². The summed E-state index contributed by atoms with van der Waals surface area (Å²) in [6, 6.07) is 17.0. The number of fused-ring (bicyclic) bond motifs is 1. The predicted octanol–water partition coefficient (Wildman–Crippen LogP) is 4.16. The molecule has 0 unspecified atom stereocenters. The molecule has 0 amide bonds. The van der Waals surface area contributed by atoms with Gasteiger partial charge in [0.05, 0.1) is 28.7 Å². The average Bonchev–Trinajstić information content (AvgIpc) is 2.83. The Labute approximate surface area is 191 Å². The Hall–Kier alpha value is -3.79. The minimum absolute atomic E-state index is 0.0195. The zero-order valence-electron chi connectivity index (χ0n) is 17.8. The molecular formula is C23H22N2O7S. The predicted molar refractivity (Wildman–Crippen MR) is 122 cm³/mol. The molecule has 0 N–H and O–H groups in total. The highest BCUT2D eigenvalue weighted by molar-refractivity contribution is 7.92. The lowest BCUT2D eigenvalue weighted by molar-refractivity contribution is -0.384. The van der Waals surface area contributed by atoms with Crippen LogP contribution in [-0.4, -0.2) is 33.2 Å². The normalized spacial score (nSPS) is 12.8. The zero-order valence-corrected chi connectivity index (χ0v) is 18.7. The molecule has 1 aliphatic rings. The third kappa shape index (κ3) is 4.85. The fraction of sp³-hybridized carbons (Fsp3) is 0.217. The summed E-state index contributed by atoms with van der Waals surface area (Å²) in [7, 11) is -4.06. The zero-order chi connectivity index (χ0) is 23.4. The van der Waals surface area contributed by atoms with Gasteiger partial charge in [0, 0.05) is 18.2 Å². The molecular weight excluding hydrogens is 448 g/mol. The summed E-state index contributed by atoms with van der Waals surface area (Å²) in [6.45, 7) is 2.95. The number of benzene rings is 3. The fourth-order valence-corrected chi connectivity index (χ4v) is 4.90. The topological polar surface area (TPSA) is 108 Å². The van der Waals surface area contributed by atoms with Crippen molar-refractivity contribution in [2.45, 2.75) is 18.4 Å². The molecule has 10 heteroatoms. The van der Waals surface area contributed by atoms with Gasteiger partial charge in [-0.25, -0.2) is 8.42 Å². The molecule has 0 saturated heterocycles. The average molecular weight is 471 g/mol. The second-order valence-corrected chi connectivity index (χ2v) is 9.03. The van der Waals surface area contributed by atoms with Gasteiger partial charge in [0.2, 0.25) is 0 Å². The van der Waals surface area contributed by atoms with Crippen molar-refractivity contribution in [1.82, 2.24) is 0 Å². The molecule has 4 rings (SSSR count). The van der Waals surface area contributed by atoms with Crippen molar-refractivity contribution in [1.29, 1.82) is 0 Å². The van der Waals surface area contributed by atoms with Gasteiger partial charge >= 0.3 is 0 Å². The number of non-ortho nitro benzene ring substituents is 1. The van der Waals surface area contributed by atoms with Gasteiger partial charge in [-0.05, 0) is 48.9 Å². The Morgan fingerprint density at radius 3 is 2.42 bits per heavy atom. The molecule has 3 aromatic carbocycles. The van der Waals surface area contributed by atoms with Crippen LogP contribution in [0.25, 0.3) is 0 Å². The molecule has 0 radical (unpaired) electrons. The summed E-state index contributed by atoms with van der Waals surface area (Å²) >= 11 is 0. The first-order valence-corrected chi connectivity index (χ1v) is 11.7. The van der Waals surface area contributed by atoms with Gasteiger partial charge in [-0.2, -0.15) is 0 Å². The van der Waals surface area contributed by atoms with Crippen molar-refractivity contribution in [3.63, 3.8) is 0 Å². The summed E-state index contributed by atoms with van der Waals surface area (Å²) in [4.78, 5) is 10.7. The molecule has 0 fully saturated rings. The number of ether oxygens (including phenoxy) is 3. The lowest BCUT2D eigenvalue weighted by Crippen LogP contribution is -2.30. The summed E-state index contributed by atoms with van der Waals surface area (Å²) in [5.41, 5.74) is 0.745. The van der Waals surface area contributed by atoms with Gasteiger partial charge in [0.1, 0.15) is 19.0 Å². The maximum atomic E-state index is 13.7. The molecule has 1 heterocycles. The van der Waals surface area contributed by atoms with E-state index in [4.69, 9.17) is 14.2 Å². The van der Waals surface area contributed by atoms with E-state index in [1.54, 1.807) is 36.4 Å². The Balaban J connectivity index is 1.76. The maximum absolute atomic E-state index is 13.7. The lowest BCUT2D eigenvalue weighted by atomic mass is 10.2. The van der Waals surface area contributed by atoms with E-state index in [0.29, 0.717) is 48.3 Å². The second-order valence-electron chi connectivity index (χ2n) is 7.17. The van der Waals surface area contributed by atoms with E-state index in [0.717, 1.165) is 0 Å². The largest absolute Gasteiger partial charge is 0.494 e. The number of rotatable bonds is 8. The second kappa shape index (κ2) is 9.37. The molecule has 9 nitrogen and oxygen atoms in total. The van der Waals surface area contributed by atoms with Crippen LogP contribution in [0.3, 0.4) is 0 Å². The summed E-state index contributed by atoms with van der Waals surface area (Å²) in [6.07, 6.45) is 0. The molecule has 0 spiro atoms. The first-order valence-electron chi connectivity index (χ1n) is 10.3. The van der Waals surface area contributed by atoms with Gasteiger partial charge in [-0.15, -0.1) is 0 Å². The minimum Gasteiger partial charge on any atom is -0.494 e. The molecule has 0 aliphatic carbocycles. The molecule has 0 aromatic heterocycles. The van der Waals surface area contributed by atoms with Crippen LogP contribution in [0.4, 0.5) is 11.4 Å². The third-order valence-electron chi connectivity index (χ3n) is 4.98. The first-order chi connectivity index (χ1) is 15.9. The van der Waals surface area contributed by atoms with Crippen molar-refractivity contribution in [3.05, 3.63) is 82.4 Å². The Kier molecular flexibility index (Phi) is 6.36. The van der Waals surface area contributed by atoms with Crippen LogP contribution in [0.5, 0.6) is 17.2 Å². The van der Waals surface area contributed by atoms with Gasteiger partial charge in [-0.3, -0.25) is 14.4 Å². The molecule has 33 heavy (non-hydrogen) atoms. The van der Waals surface area contributed by atoms with Crippen molar-refractivity contribution in [3.8, 4) is 17.2 Å². The lowest BCUT2D eigenvalue weighted by Gasteiger charge is -2.26. The van der Waals surface area contributed by atoms with E-state index >= 15 is 0 Å². The molecule has 0 atom stereocenters. The number of anilines is 1. The Bertz CT molecular complexity index is 1260. The monoisotopic (exact) mass is 470 g/mol. The van der Waals surface area contributed by atoms with Gasteiger partial charge in [-0.1, -0.05) is 12.1 Å². The molecule has 0 bridgehead atoms. The Morgan fingerprint density at radius 2 is 1.73 bits per heavy atom. The van der Waals surface area contributed by atoms with Crippen LogP contribution >= 0.6 is 0 Å². The van der Waals surface area contributed by atoms with E-state index in [1.165, 1.54) is 34.6 Å². The smallest absolute Gasteiger partial charge is 0.269 e. The van der Waals surface area contributed by atoms with Gasteiger partial charge < -0.3 is 14.2 Å². The SMILES string of the molecule is CCOc1ccc(N(Cc2cccc([N+](=O)[O-])c2)S(=O)(=O)c2ccc3c(c2)OCCO3)cc1. The van der Waals surface area contributed by atoms with Crippen LogP contribution in [0.15, 0.2) is 71.6 Å². The molecule has 3 aromatic rings. The van der Waals surface area contributed by atoms with Crippen molar-refractivity contribution >= 4 is 21.4 Å². The number of nitrogens with zero attached hydrogens (tertiary/aromatic N) is 2. The van der Waals surface area contributed by atoms with Crippen molar-refractivity contribution in [2.75, 3.05) is 24.1 Å². The molecule has 172 valence electrons. The van der Waals surface area contributed by atoms with E-state index in [2.05, 4.69) is 0 Å². The molecule has 1 aliphatic heterocycles. The van der Waals surface area contributed by atoms with Crippen LogP contribution in [-0.2, 0) is 16.6 Å². The number of hydrogen-bond acceptors (Lipinski definition) is 7. The first kappa shape index (κ1) is 22.4. The molecule has 0 saturated carbocycles. The standard InChI is InChI=1S/C23H22N2O7S/c1-2-30-20-8-6-18(7-9-20)24(16-17-4-3-5-19(14-17)25(26)27)33(28,29)21-10-11-22-23(15-21)32-13-12-31-22/h3-11,14-15H,2,12-13,16H2,1H3. The minimum atomic E-state index is -4.06. The quantitative estimate of drug-likeness (QED) is 0.359. The van der Waals surface area contributed by atoms with Crippen LogP contribution in [0.1, 0.15) is 12.5 Å². The van der Waals surface area contributed by atoms with Crippen LogP contribution < -0.4 is 18.5 Å². The van der Waals surface area contributed by atoms with E-state index in [-0.39, 0.29) is 17.1 Å². The van der Waals surface area contributed by atoms with Gasteiger partial charge in [0.25, 0.3) is 15.7 Å². The summed E-state index contributed by atoms with van der Waals surface area (Å²) in [5.74, 6) is 1.43. The highest BCUT2D eigenvalue weighted by Gasteiger charge is 2.28. The van der Waals surface area contributed by atoms with Crippen molar-refractivity contribution < 1.29 is 27.6 Å². The van der Waals surface area contributed by atoms with E-state index < -0.39 is 14.9 Å². The Morgan fingerprint density at radius 1 is 1.00 bits per heavy atom. The summed E-state index contributed by atoms with van der Waals surface area (Å²) in [5, 5.41) is 11.2. The summed E-state index contributed by atoms with van der Waals surface area (Å²) < 4.78 is 45.1. The van der Waals surface area contributed by atoms with Crippen LogP contribution in [0.2, 0.25) is 0 Å². The number of nitro groups is 1. The van der Waals surface area contributed by atoms with E-state index in [9.17, 15) is 18.5 Å². The number of sulfonamides is 1. The third-order valence-corrected chi connectivity index (χ3v) is 6.75.